The third kappa shape index (κ3) is 5.44. The number of carbonyl (C=O) groups is 2. The molecule has 0 aliphatic carbocycles. The Balaban J connectivity index is 1.92. The van der Waals surface area contributed by atoms with E-state index >= 15 is 0 Å². The number of carbonyl (C=O) groups excluding carboxylic acids is 2. The maximum Gasteiger partial charge on any atom is 0.259 e. The molecule has 1 aromatic carbocycles. The van der Waals surface area contributed by atoms with E-state index in [0.717, 1.165) is 37.7 Å². The highest BCUT2D eigenvalue weighted by molar-refractivity contribution is 5.99. The number of aryl methyl sites for hydroxylation is 1. The van der Waals surface area contributed by atoms with Gasteiger partial charge in [-0.25, -0.2) is 4.39 Å². The third-order valence-electron chi connectivity index (χ3n) is 6.26. The smallest absolute Gasteiger partial charge is 0.259 e. The highest BCUT2D eigenvalue weighted by atomic mass is 19.1. The summed E-state index contributed by atoms with van der Waals surface area (Å²) in [7, 11) is 0. The summed E-state index contributed by atoms with van der Waals surface area (Å²) >= 11 is 0. The molecule has 2 aromatic rings. The molecule has 2 heterocycles. The lowest BCUT2D eigenvalue weighted by Gasteiger charge is -2.22. The number of benzene rings is 1. The van der Waals surface area contributed by atoms with Crippen molar-refractivity contribution < 1.29 is 14.0 Å². The van der Waals surface area contributed by atoms with Gasteiger partial charge in [0.15, 0.2) is 0 Å². The molecule has 2 amide bonds. The van der Waals surface area contributed by atoms with Gasteiger partial charge in [-0.05, 0) is 56.4 Å². The van der Waals surface area contributed by atoms with E-state index in [1.807, 2.05) is 20.8 Å². The van der Waals surface area contributed by atoms with E-state index in [0.29, 0.717) is 18.7 Å². The average molecular weight is 442 g/mol. The fraction of sp³-hybridized carbons (Fsp3) is 0.480. The van der Waals surface area contributed by atoms with E-state index < -0.39 is 11.3 Å². The van der Waals surface area contributed by atoms with E-state index in [9.17, 15) is 18.8 Å². The summed E-state index contributed by atoms with van der Waals surface area (Å²) in [5, 5.41) is 2.72. The molecule has 0 saturated carbocycles. The molecular weight excluding hydrogens is 409 g/mol. The van der Waals surface area contributed by atoms with E-state index in [-0.39, 0.29) is 35.4 Å². The summed E-state index contributed by atoms with van der Waals surface area (Å²) in [5.74, 6) is -1.27. The van der Waals surface area contributed by atoms with Crippen LogP contribution < -0.4 is 10.7 Å². The van der Waals surface area contributed by atoms with Gasteiger partial charge in [0.25, 0.3) is 11.8 Å². The first-order chi connectivity index (χ1) is 15.3. The van der Waals surface area contributed by atoms with Crippen molar-refractivity contribution in [1.29, 1.82) is 0 Å². The van der Waals surface area contributed by atoms with Crippen molar-refractivity contribution in [1.82, 2.24) is 14.8 Å². The monoisotopic (exact) mass is 441 g/mol. The second-order valence-corrected chi connectivity index (χ2v) is 8.58. The molecule has 6 nitrogen and oxygen atoms in total. The lowest BCUT2D eigenvalue weighted by atomic mass is 10.1. The van der Waals surface area contributed by atoms with Gasteiger partial charge in [-0.15, -0.1) is 0 Å². The fourth-order valence-corrected chi connectivity index (χ4v) is 3.92. The summed E-state index contributed by atoms with van der Waals surface area (Å²) in [6, 6.07) is 4.39. The molecule has 172 valence electrons. The van der Waals surface area contributed by atoms with Gasteiger partial charge in [0.2, 0.25) is 5.43 Å². The van der Waals surface area contributed by atoms with Gasteiger partial charge in [0.05, 0.1) is 0 Å². The highest BCUT2D eigenvalue weighted by Crippen LogP contribution is 2.16. The minimum atomic E-state index is -0.568. The quantitative estimate of drug-likeness (QED) is 0.730. The molecule has 3 rings (SSSR count). The Morgan fingerprint density at radius 2 is 1.75 bits per heavy atom. The van der Waals surface area contributed by atoms with Crippen LogP contribution in [0.15, 0.2) is 35.4 Å². The van der Waals surface area contributed by atoms with Crippen molar-refractivity contribution in [3.8, 4) is 0 Å². The van der Waals surface area contributed by atoms with Crippen LogP contribution in [-0.2, 0) is 6.54 Å². The number of rotatable bonds is 6. The number of halogens is 1. The van der Waals surface area contributed by atoms with Crippen LogP contribution in [0, 0.1) is 12.7 Å². The lowest BCUT2D eigenvalue weighted by molar-refractivity contribution is 0.0759. The molecule has 0 bridgehead atoms. The number of hydrogen-bond donors (Lipinski definition) is 1. The van der Waals surface area contributed by atoms with Crippen LogP contribution in [0.25, 0.3) is 0 Å². The molecule has 1 aliphatic rings. The van der Waals surface area contributed by atoms with Crippen LogP contribution in [0.5, 0.6) is 0 Å². The average Bonchev–Trinajstić information content (AvgIpc) is 3.08. The number of nitrogens with zero attached hydrogens (tertiary/aromatic N) is 2. The molecule has 1 fully saturated rings. The summed E-state index contributed by atoms with van der Waals surface area (Å²) < 4.78 is 15.4. The van der Waals surface area contributed by atoms with Crippen LogP contribution in [0.4, 0.5) is 4.39 Å². The van der Waals surface area contributed by atoms with Crippen molar-refractivity contribution in [3.63, 3.8) is 0 Å². The van der Waals surface area contributed by atoms with Crippen LogP contribution in [0.1, 0.15) is 83.8 Å². The zero-order valence-corrected chi connectivity index (χ0v) is 19.1. The first-order valence-electron chi connectivity index (χ1n) is 11.4. The molecule has 32 heavy (non-hydrogen) atoms. The zero-order chi connectivity index (χ0) is 23.3. The topological polar surface area (TPSA) is 71.4 Å². The van der Waals surface area contributed by atoms with Gasteiger partial charge < -0.3 is 14.8 Å². The Morgan fingerprint density at radius 1 is 1.09 bits per heavy atom. The minimum Gasteiger partial charge on any atom is -0.350 e. The lowest BCUT2D eigenvalue weighted by Crippen LogP contribution is -2.38. The number of pyridine rings is 1. The second kappa shape index (κ2) is 10.6. The Hall–Kier alpha value is -2.96. The Kier molecular flexibility index (Phi) is 7.83. The maximum atomic E-state index is 13.6. The van der Waals surface area contributed by atoms with Crippen LogP contribution in [0.2, 0.25) is 0 Å². The highest BCUT2D eigenvalue weighted by Gasteiger charge is 2.24. The minimum absolute atomic E-state index is 0.0169. The van der Waals surface area contributed by atoms with Crippen molar-refractivity contribution in [2.45, 2.75) is 65.5 Å². The summed E-state index contributed by atoms with van der Waals surface area (Å²) in [4.78, 5) is 41.1. The normalized spacial score (nSPS) is 15.2. The van der Waals surface area contributed by atoms with Gasteiger partial charge in [-0.3, -0.25) is 14.4 Å². The Morgan fingerprint density at radius 3 is 2.41 bits per heavy atom. The van der Waals surface area contributed by atoms with Crippen LogP contribution in [0.3, 0.4) is 0 Å². The van der Waals surface area contributed by atoms with E-state index in [2.05, 4.69) is 5.32 Å². The summed E-state index contributed by atoms with van der Waals surface area (Å²) in [5.41, 5.74) is 0.875. The number of hydrogen-bond acceptors (Lipinski definition) is 3. The van der Waals surface area contributed by atoms with Gasteiger partial charge in [-0.2, -0.15) is 0 Å². The largest absolute Gasteiger partial charge is 0.350 e. The molecule has 1 atom stereocenters. The summed E-state index contributed by atoms with van der Waals surface area (Å²) in [6.45, 7) is 7.15. The first kappa shape index (κ1) is 23.7. The molecule has 7 heteroatoms. The first-order valence-corrected chi connectivity index (χ1v) is 11.4. The van der Waals surface area contributed by atoms with Crippen molar-refractivity contribution in [2.24, 2.45) is 0 Å². The molecule has 0 spiro atoms. The van der Waals surface area contributed by atoms with Crippen LogP contribution >= 0.6 is 0 Å². The molecule has 1 aliphatic heterocycles. The number of nitrogens with one attached hydrogen (secondary N) is 1. The van der Waals surface area contributed by atoms with E-state index in [1.165, 1.54) is 18.3 Å². The van der Waals surface area contributed by atoms with Gasteiger partial charge >= 0.3 is 0 Å². The summed E-state index contributed by atoms with van der Waals surface area (Å²) in [6.07, 6.45) is 7.85. The molecule has 1 N–H and O–H groups in total. The SMILES string of the molecule is CC[C@H](C)n1cc(C(=O)NCc2cc(F)ccc2C)c(=O)c(C(=O)N2CCCCCC2)c1. The standard InChI is InChI=1S/C25H32FN3O3/c1-4-18(3)29-15-21(24(31)27-14-19-13-20(26)10-9-17(19)2)23(30)22(16-29)25(32)28-11-7-5-6-8-12-28/h9-10,13,15-16,18H,4-8,11-12,14H2,1-3H3,(H,27,31)/t18-/m0/s1. The van der Waals surface area contributed by atoms with E-state index in [1.54, 1.807) is 21.7 Å². The van der Waals surface area contributed by atoms with Gasteiger partial charge in [0.1, 0.15) is 16.9 Å². The van der Waals surface area contributed by atoms with Crippen molar-refractivity contribution in [3.05, 3.63) is 68.9 Å². The Labute approximate surface area is 188 Å². The van der Waals surface area contributed by atoms with Crippen LogP contribution in [-0.4, -0.2) is 34.4 Å². The predicted octanol–water partition coefficient (Wildman–Crippen LogP) is 4.21. The van der Waals surface area contributed by atoms with Crippen molar-refractivity contribution >= 4 is 11.8 Å². The number of amides is 2. The maximum absolute atomic E-state index is 13.6. The van der Waals surface area contributed by atoms with Gasteiger partial charge in [0, 0.05) is 38.1 Å². The predicted molar refractivity (Wildman–Crippen MR) is 122 cm³/mol. The number of likely N-dealkylation sites (tertiary alicyclic amines) is 1. The second-order valence-electron chi connectivity index (χ2n) is 8.58. The Bertz CT molecular complexity index is 1040. The molecular formula is C25H32FN3O3. The number of aromatic nitrogens is 1. The third-order valence-corrected chi connectivity index (χ3v) is 6.26. The molecule has 1 aromatic heterocycles. The molecule has 1 saturated heterocycles. The van der Waals surface area contributed by atoms with E-state index in [4.69, 9.17) is 0 Å². The fourth-order valence-electron chi connectivity index (χ4n) is 3.92. The van der Waals surface area contributed by atoms with Crippen molar-refractivity contribution in [2.75, 3.05) is 13.1 Å². The molecule has 0 unspecified atom stereocenters. The molecule has 0 radical (unpaired) electrons. The van der Waals surface area contributed by atoms with Gasteiger partial charge in [-0.1, -0.05) is 25.8 Å². The zero-order valence-electron chi connectivity index (χ0n) is 19.1.